The zero-order valence-electron chi connectivity index (χ0n) is 10.4. The van der Waals surface area contributed by atoms with Gasteiger partial charge in [-0.3, -0.25) is 4.79 Å². The van der Waals surface area contributed by atoms with Crippen molar-refractivity contribution < 1.29 is 19.0 Å². The van der Waals surface area contributed by atoms with E-state index in [1.165, 1.54) is 7.11 Å². The normalized spacial score (nSPS) is 27.4. The number of hydrogen-bond acceptors (Lipinski definition) is 4. The molecule has 16 heavy (non-hydrogen) atoms. The van der Waals surface area contributed by atoms with Crippen LogP contribution in [0.4, 0.5) is 0 Å². The van der Waals surface area contributed by atoms with E-state index in [9.17, 15) is 4.79 Å². The first-order valence-electron chi connectivity index (χ1n) is 5.89. The van der Waals surface area contributed by atoms with Crippen molar-refractivity contribution in [2.75, 3.05) is 20.8 Å². The lowest BCUT2D eigenvalue weighted by molar-refractivity contribution is -0.148. The van der Waals surface area contributed by atoms with Crippen LogP contribution in [0.15, 0.2) is 0 Å². The van der Waals surface area contributed by atoms with E-state index < -0.39 is 0 Å². The topological polar surface area (TPSA) is 44.8 Å². The molecule has 1 fully saturated rings. The van der Waals surface area contributed by atoms with E-state index in [2.05, 4.69) is 0 Å². The number of esters is 1. The first-order valence-corrected chi connectivity index (χ1v) is 5.89. The van der Waals surface area contributed by atoms with Gasteiger partial charge in [0.15, 0.2) is 0 Å². The molecule has 0 saturated heterocycles. The quantitative estimate of drug-likeness (QED) is 0.675. The van der Waals surface area contributed by atoms with Crippen LogP contribution in [0.2, 0.25) is 0 Å². The average Bonchev–Trinajstić information content (AvgIpc) is 2.29. The Balaban J connectivity index is 2.24. The standard InChI is InChI=1S/C12H22O4/c1-9(8-14-2)16-11-6-4-10(5-7-11)12(13)15-3/h9-11H,4-8H2,1-3H3. The molecule has 1 atom stereocenters. The molecular weight excluding hydrogens is 208 g/mol. The average molecular weight is 230 g/mol. The molecule has 0 spiro atoms. The second kappa shape index (κ2) is 6.86. The molecule has 1 aliphatic carbocycles. The molecule has 0 aliphatic heterocycles. The molecule has 1 unspecified atom stereocenters. The fourth-order valence-electron chi connectivity index (χ4n) is 2.20. The lowest BCUT2D eigenvalue weighted by Crippen LogP contribution is -2.30. The Bertz CT molecular complexity index is 209. The molecule has 4 heteroatoms. The third-order valence-electron chi connectivity index (χ3n) is 3.03. The molecule has 1 saturated carbocycles. The third kappa shape index (κ3) is 4.10. The Morgan fingerprint density at radius 1 is 1.25 bits per heavy atom. The molecule has 4 nitrogen and oxygen atoms in total. The molecule has 0 N–H and O–H groups in total. The lowest BCUT2D eigenvalue weighted by atomic mass is 9.87. The number of rotatable bonds is 5. The van der Waals surface area contributed by atoms with Gasteiger partial charge in [0.1, 0.15) is 0 Å². The van der Waals surface area contributed by atoms with Crippen molar-refractivity contribution in [3.8, 4) is 0 Å². The smallest absolute Gasteiger partial charge is 0.308 e. The molecule has 0 heterocycles. The monoisotopic (exact) mass is 230 g/mol. The first-order chi connectivity index (χ1) is 7.67. The summed E-state index contributed by atoms with van der Waals surface area (Å²) in [6.07, 6.45) is 4.02. The summed E-state index contributed by atoms with van der Waals surface area (Å²) in [5.41, 5.74) is 0. The number of carbonyl (C=O) groups excluding carboxylic acids is 1. The summed E-state index contributed by atoms with van der Waals surface area (Å²) in [6, 6.07) is 0. The summed E-state index contributed by atoms with van der Waals surface area (Å²) in [4.78, 5) is 11.3. The summed E-state index contributed by atoms with van der Waals surface area (Å²) in [5.74, 6) is -0.00836. The highest BCUT2D eigenvalue weighted by atomic mass is 16.5. The van der Waals surface area contributed by atoms with Crippen LogP contribution in [0, 0.1) is 5.92 Å². The van der Waals surface area contributed by atoms with Crippen LogP contribution in [0.1, 0.15) is 32.6 Å². The van der Waals surface area contributed by atoms with Gasteiger partial charge in [-0.1, -0.05) is 0 Å². The zero-order chi connectivity index (χ0) is 12.0. The van der Waals surface area contributed by atoms with Crippen molar-refractivity contribution >= 4 is 5.97 Å². The van der Waals surface area contributed by atoms with Gasteiger partial charge in [0.2, 0.25) is 0 Å². The van der Waals surface area contributed by atoms with Crippen molar-refractivity contribution in [2.45, 2.75) is 44.8 Å². The molecule has 94 valence electrons. The lowest BCUT2D eigenvalue weighted by Gasteiger charge is -2.29. The summed E-state index contributed by atoms with van der Waals surface area (Å²) in [6.45, 7) is 2.63. The maximum atomic E-state index is 11.3. The minimum atomic E-state index is -0.0802. The predicted octanol–water partition coefficient (Wildman–Crippen LogP) is 1.77. The zero-order valence-corrected chi connectivity index (χ0v) is 10.4. The summed E-state index contributed by atoms with van der Waals surface area (Å²) in [7, 11) is 3.12. The van der Waals surface area contributed by atoms with E-state index in [1.807, 2.05) is 6.92 Å². The van der Waals surface area contributed by atoms with E-state index in [0.717, 1.165) is 25.7 Å². The van der Waals surface area contributed by atoms with Gasteiger partial charge in [0.25, 0.3) is 0 Å². The van der Waals surface area contributed by atoms with Crippen LogP contribution in [0.25, 0.3) is 0 Å². The Morgan fingerprint density at radius 2 is 1.88 bits per heavy atom. The van der Waals surface area contributed by atoms with E-state index in [0.29, 0.717) is 6.61 Å². The van der Waals surface area contributed by atoms with Gasteiger partial charge < -0.3 is 14.2 Å². The molecule has 0 amide bonds. The molecule has 1 aliphatic rings. The fourth-order valence-corrected chi connectivity index (χ4v) is 2.20. The largest absolute Gasteiger partial charge is 0.469 e. The van der Waals surface area contributed by atoms with Crippen molar-refractivity contribution in [3.05, 3.63) is 0 Å². The molecular formula is C12H22O4. The van der Waals surface area contributed by atoms with Gasteiger partial charge in [-0.25, -0.2) is 0 Å². The molecule has 0 aromatic heterocycles. The highest BCUT2D eigenvalue weighted by molar-refractivity contribution is 5.72. The highest BCUT2D eigenvalue weighted by Gasteiger charge is 2.27. The maximum Gasteiger partial charge on any atom is 0.308 e. The SMILES string of the molecule is COCC(C)OC1CCC(C(=O)OC)CC1. The minimum absolute atomic E-state index is 0.0718. The van der Waals surface area contributed by atoms with Crippen molar-refractivity contribution in [3.63, 3.8) is 0 Å². The van der Waals surface area contributed by atoms with Crippen LogP contribution in [0.5, 0.6) is 0 Å². The number of methoxy groups -OCH3 is 2. The van der Waals surface area contributed by atoms with Crippen molar-refractivity contribution in [1.82, 2.24) is 0 Å². The second-order valence-corrected chi connectivity index (χ2v) is 4.40. The Kier molecular flexibility index (Phi) is 5.77. The Morgan fingerprint density at radius 3 is 2.38 bits per heavy atom. The molecule has 0 aromatic rings. The van der Waals surface area contributed by atoms with Crippen LogP contribution < -0.4 is 0 Å². The number of ether oxygens (including phenoxy) is 3. The molecule has 0 radical (unpaired) electrons. The second-order valence-electron chi connectivity index (χ2n) is 4.40. The van der Waals surface area contributed by atoms with Crippen LogP contribution in [-0.2, 0) is 19.0 Å². The van der Waals surface area contributed by atoms with Crippen LogP contribution in [-0.4, -0.2) is 39.0 Å². The van der Waals surface area contributed by atoms with Gasteiger partial charge in [-0.2, -0.15) is 0 Å². The first kappa shape index (κ1) is 13.5. The molecule has 0 aromatic carbocycles. The van der Waals surface area contributed by atoms with Gasteiger partial charge in [0, 0.05) is 7.11 Å². The summed E-state index contributed by atoms with van der Waals surface area (Å²) in [5, 5.41) is 0. The van der Waals surface area contributed by atoms with E-state index >= 15 is 0 Å². The van der Waals surface area contributed by atoms with Gasteiger partial charge in [-0.15, -0.1) is 0 Å². The van der Waals surface area contributed by atoms with Crippen molar-refractivity contribution in [2.24, 2.45) is 5.92 Å². The fraction of sp³-hybridized carbons (Fsp3) is 0.917. The highest BCUT2D eigenvalue weighted by Crippen LogP contribution is 2.27. The van der Waals surface area contributed by atoms with Gasteiger partial charge >= 0.3 is 5.97 Å². The number of carbonyl (C=O) groups is 1. The summed E-state index contributed by atoms with van der Waals surface area (Å²) >= 11 is 0. The summed E-state index contributed by atoms with van der Waals surface area (Å²) < 4.78 is 15.6. The van der Waals surface area contributed by atoms with Gasteiger partial charge in [0.05, 0.1) is 31.8 Å². The maximum absolute atomic E-state index is 11.3. The molecule has 0 bridgehead atoms. The van der Waals surface area contributed by atoms with Crippen molar-refractivity contribution in [1.29, 1.82) is 0 Å². The van der Waals surface area contributed by atoms with E-state index in [1.54, 1.807) is 7.11 Å². The van der Waals surface area contributed by atoms with E-state index in [4.69, 9.17) is 14.2 Å². The number of hydrogen-bond donors (Lipinski definition) is 0. The third-order valence-corrected chi connectivity index (χ3v) is 3.03. The Labute approximate surface area is 97.2 Å². The van der Waals surface area contributed by atoms with Crippen LogP contribution in [0.3, 0.4) is 0 Å². The van der Waals surface area contributed by atoms with E-state index in [-0.39, 0.29) is 24.1 Å². The Hall–Kier alpha value is -0.610. The van der Waals surface area contributed by atoms with Gasteiger partial charge in [-0.05, 0) is 32.6 Å². The minimum Gasteiger partial charge on any atom is -0.469 e. The van der Waals surface area contributed by atoms with Crippen LogP contribution >= 0.6 is 0 Å². The molecule has 1 rings (SSSR count). The predicted molar refractivity (Wildman–Crippen MR) is 60.2 cm³/mol.